The predicted octanol–water partition coefficient (Wildman–Crippen LogP) is -1.51. The molecule has 2 aromatic heterocycles. The Kier molecular flexibility index (Phi) is 5.41. The van der Waals surface area contributed by atoms with Crippen LogP contribution in [0.4, 0.5) is 0 Å². The number of hydrogen-bond acceptors (Lipinski definition) is 5. The number of halogens is 2. The van der Waals surface area contributed by atoms with E-state index in [1.807, 2.05) is 47.1 Å². The largest absolute Gasteiger partial charge is 0.327 e. The van der Waals surface area contributed by atoms with Gasteiger partial charge in [0.15, 0.2) is 6.20 Å². The number of rotatable bonds is 1. The van der Waals surface area contributed by atoms with Crippen molar-refractivity contribution in [3.63, 3.8) is 0 Å². The third-order valence-electron chi connectivity index (χ3n) is 2.66. The molecule has 0 bridgehead atoms. The molecule has 3 rings (SSSR count). The molecule has 0 aliphatic rings. The fourth-order valence-electron chi connectivity index (χ4n) is 1.78. The molecule has 0 saturated heterocycles. The number of hydrogen-bond donors (Lipinski definition) is 0. The molecule has 1 aromatic carbocycles. The second-order valence-electron chi connectivity index (χ2n) is 4.19. The summed E-state index contributed by atoms with van der Waals surface area (Å²) in [7, 11) is -4.94. The summed E-state index contributed by atoms with van der Waals surface area (Å²) in [5.74, 6) is 0. The molecule has 22 heavy (non-hydrogen) atoms. The molecule has 3 aromatic rings. The van der Waals surface area contributed by atoms with E-state index in [2.05, 4.69) is 39.2 Å². The molecule has 0 N–H and O–H groups in total. The van der Waals surface area contributed by atoms with Crippen molar-refractivity contribution in [2.24, 2.45) is 0 Å². The van der Waals surface area contributed by atoms with Crippen LogP contribution in [0.5, 0.6) is 0 Å². The zero-order valence-electron chi connectivity index (χ0n) is 11.1. The zero-order valence-corrected chi connectivity index (χ0v) is 13.4. The maximum Gasteiger partial charge on any atom is 0.327 e. The van der Waals surface area contributed by atoms with Crippen LogP contribution < -0.4 is 23.0 Å². The molecule has 0 amide bonds. The lowest BCUT2D eigenvalue weighted by Gasteiger charge is -2.17. The van der Waals surface area contributed by atoms with Gasteiger partial charge in [0.25, 0.3) is 0 Å². The number of aromatic nitrogens is 2. The van der Waals surface area contributed by atoms with Crippen molar-refractivity contribution in [3.05, 3.63) is 65.5 Å². The van der Waals surface area contributed by atoms with Crippen LogP contribution >= 0.6 is 15.9 Å². The van der Waals surface area contributed by atoms with Crippen molar-refractivity contribution < 1.29 is 33.3 Å². The van der Waals surface area contributed by atoms with Gasteiger partial charge in [-0.3, -0.25) is 0 Å². The first kappa shape index (κ1) is 16.8. The topological polar surface area (TPSA) is 109 Å². The van der Waals surface area contributed by atoms with Crippen molar-refractivity contribution in [2.75, 3.05) is 0 Å². The van der Waals surface area contributed by atoms with Crippen molar-refractivity contribution in [3.8, 4) is 11.1 Å². The van der Waals surface area contributed by atoms with Crippen LogP contribution in [0.1, 0.15) is 0 Å². The van der Waals surface area contributed by atoms with Crippen LogP contribution in [-0.4, -0.2) is 4.98 Å². The minimum absolute atomic E-state index is 0.952. The Labute approximate surface area is 136 Å². The lowest BCUT2D eigenvalue weighted by atomic mass is 10.1. The molecule has 2 heterocycles. The highest BCUT2D eigenvalue weighted by molar-refractivity contribution is 9.10. The Balaban J connectivity index is 0.000000309. The Morgan fingerprint density at radius 3 is 2.18 bits per heavy atom. The maximum absolute atomic E-state index is 8.49. The second-order valence-corrected chi connectivity index (χ2v) is 5.87. The van der Waals surface area contributed by atoms with Crippen LogP contribution in [0, 0.1) is 10.2 Å². The molecule has 0 unspecified atom stereocenters. The van der Waals surface area contributed by atoms with Gasteiger partial charge in [-0.15, -0.1) is 10.2 Å². The summed E-state index contributed by atoms with van der Waals surface area (Å²) in [4.78, 5) is 4.43. The van der Waals surface area contributed by atoms with Crippen LogP contribution in [0.15, 0.2) is 65.5 Å². The summed E-state index contributed by atoms with van der Waals surface area (Å²) in [6, 6.07) is 14.2. The molecule has 114 valence electrons. The van der Waals surface area contributed by atoms with Gasteiger partial charge in [-0.1, -0.05) is 34.1 Å². The lowest BCUT2D eigenvalue weighted by Crippen LogP contribution is -2.68. The van der Waals surface area contributed by atoms with Gasteiger partial charge in [-0.25, -0.2) is 23.0 Å². The Hall–Kier alpha value is -1.61. The third-order valence-corrected chi connectivity index (χ3v) is 3.19. The number of pyridine rings is 1. The molecule has 6 nitrogen and oxygen atoms in total. The van der Waals surface area contributed by atoms with Gasteiger partial charge in [-0.2, -0.15) is 0 Å². The molecule has 0 radical (unpaired) electrons. The van der Waals surface area contributed by atoms with Crippen molar-refractivity contribution in [1.82, 2.24) is 4.98 Å². The fourth-order valence-corrected chi connectivity index (χ4v) is 2.04. The quantitative estimate of drug-likeness (QED) is 0.473. The SMILES string of the molecule is Brc1ccc(-c2cnc3cccc[n+]3c2)cc1.[O-][Cl+3]([O-])([O-])[O-]. The zero-order chi connectivity index (χ0) is 16.2. The van der Waals surface area contributed by atoms with Gasteiger partial charge in [0.1, 0.15) is 6.20 Å². The molecule has 8 heteroatoms. The van der Waals surface area contributed by atoms with Crippen LogP contribution in [0.25, 0.3) is 16.8 Å². The second kappa shape index (κ2) is 7.10. The Morgan fingerprint density at radius 2 is 1.55 bits per heavy atom. The highest BCUT2D eigenvalue weighted by Gasteiger charge is 2.06. The molecular formula is C14H10BrClN2O4. The lowest BCUT2D eigenvalue weighted by molar-refractivity contribution is -2.00. The van der Waals surface area contributed by atoms with E-state index < -0.39 is 10.2 Å². The summed E-state index contributed by atoms with van der Waals surface area (Å²) in [6.45, 7) is 0. The van der Waals surface area contributed by atoms with Gasteiger partial charge in [0.05, 0.1) is 11.8 Å². The molecular weight excluding hydrogens is 376 g/mol. The highest BCUT2D eigenvalue weighted by Crippen LogP contribution is 2.19. The van der Waals surface area contributed by atoms with Gasteiger partial charge >= 0.3 is 5.65 Å². The van der Waals surface area contributed by atoms with E-state index in [0.29, 0.717) is 0 Å². The van der Waals surface area contributed by atoms with Crippen molar-refractivity contribution >= 4 is 21.6 Å². The molecule has 0 spiro atoms. The van der Waals surface area contributed by atoms with E-state index in [-0.39, 0.29) is 0 Å². The first-order valence-electron chi connectivity index (χ1n) is 5.97. The Morgan fingerprint density at radius 1 is 0.909 bits per heavy atom. The number of nitrogens with zero attached hydrogens (tertiary/aromatic N) is 2. The number of fused-ring (bicyclic) bond motifs is 1. The summed E-state index contributed by atoms with van der Waals surface area (Å²) in [6.07, 6.45) is 5.99. The molecule has 0 fully saturated rings. The summed E-state index contributed by atoms with van der Waals surface area (Å²) < 4.78 is 37.1. The van der Waals surface area contributed by atoms with E-state index in [4.69, 9.17) is 18.6 Å². The monoisotopic (exact) mass is 384 g/mol. The van der Waals surface area contributed by atoms with E-state index in [9.17, 15) is 0 Å². The van der Waals surface area contributed by atoms with Gasteiger partial charge < -0.3 is 0 Å². The van der Waals surface area contributed by atoms with Crippen molar-refractivity contribution in [1.29, 1.82) is 0 Å². The smallest absolute Gasteiger partial charge is 0.222 e. The van der Waals surface area contributed by atoms with E-state index in [1.165, 1.54) is 5.56 Å². The van der Waals surface area contributed by atoms with Crippen LogP contribution in [0.2, 0.25) is 0 Å². The number of benzene rings is 1. The van der Waals surface area contributed by atoms with E-state index in [1.54, 1.807) is 0 Å². The standard InChI is InChI=1S/C14H10BrN2.ClHO4/c15-13-6-4-11(5-7-13)12-9-16-14-3-1-2-8-17(14)10-12;2-1(3,4)5/h1-10H;(H,2,3,4,5)/q+1;/p-1. The van der Waals surface area contributed by atoms with Gasteiger partial charge in [0, 0.05) is 10.5 Å². The fraction of sp³-hybridized carbons (Fsp3) is 0. The first-order chi connectivity index (χ1) is 10.3. The maximum atomic E-state index is 8.49. The summed E-state index contributed by atoms with van der Waals surface area (Å²) in [5.41, 5.74) is 3.23. The van der Waals surface area contributed by atoms with Gasteiger partial charge in [0.2, 0.25) is 0 Å². The average Bonchev–Trinajstić information content (AvgIpc) is 2.46. The molecule has 0 atom stereocenters. The van der Waals surface area contributed by atoms with E-state index >= 15 is 0 Å². The predicted molar refractivity (Wildman–Crippen MR) is 70.5 cm³/mol. The van der Waals surface area contributed by atoms with E-state index in [0.717, 1.165) is 15.7 Å². The first-order valence-corrected chi connectivity index (χ1v) is 7.99. The normalized spacial score (nSPS) is 11.0. The minimum Gasteiger partial charge on any atom is -0.222 e. The Bertz CT molecular complexity index is 757. The molecule has 0 saturated carbocycles. The summed E-state index contributed by atoms with van der Waals surface area (Å²) in [5, 5.41) is 0. The van der Waals surface area contributed by atoms with Crippen LogP contribution in [0.3, 0.4) is 0 Å². The molecule has 0 aliphatic heterocycles. The van der Waals surface area contributed by atoms with Gasteiger partial charge in [-0.05, 0) is 28.7 Å². The van der Waals surface area contributed by atoms with Crippen molar-refractivity contribution in [2.45, 2.75) is 0 Å². The summed E-state index contributed by atoms with van der Waals surface area (Å²) >= 11 is 3.44. The third kappa shape index (κ3) is 5.30. The van der Waals surface area contributed by atoms with Crippen LogP contribution in [-0.2, 0) is 0 Å². The average molecular weight is 386 g/mol. The highest BCUT2D eigenvalue weighted by atomic mass is 79.9. The molecule has 0 aliphatic carbocycles. The minimum atomic E-state index is -4.94.